The predicted molar refractivity (Wildman–Crippen MR) is 101 cm³/mol. The van der Waals surface area contributed by atoms with Gasteiger partial charge >= 0.3 is 18.0 Å². The van der Waals surface area contributed by atoms with Crippen LogP contribution in [0.15, 0.2) is 65.9 Å². The fourth-order valence-corrected chi connectivity index (χ4v) is 2.92. The van der Waals surface area contributed by atoms with E-state index in [1.54, 1.807) is 37.3 Å². The van der Waals surface area contributed by atoms with Crippen molar-refractivity contribution in [3.63, 3.8) is 0 Å². The van der Waals surface area contributed by atoms with Gasteiger partial charge in [-0.1, -0.05) is 42.5 Å². The van der Waals surface area contributed by atoms with Gasteiger partial charge in [0.15, 0.2) is 0 Å². The van der Waals surface area contributed by atoms with Gasteiger partial charge in [0.25, 0.3) is 0 Å². The number of esters is 2. The largest absolute Gasteiger partial charge is 0.463 e. The maximum absolute atomic E-state index is 13.8. The second-order valence-corrected chi connectivity index (χ2v) is 6.11. The Kier molecular flexibility index (Phi) is 6.23. The summed E-state index contributed by atoms with van der Waals surface area (Å²) in [5.41, 5.74) is 0.596. The zero-order valence-corrected chi connectivity index (χ0v) is 15.6. The van der Waals surface area contributed by atoms with Crippen LogP contribution in [0, 0.1) is 5.82 Å². The Morgan fingerprint density at radius 1 is 1.00 bits per heavy atom. The lowest BCUT2D eigenvalue weighted by atomic mass is 9.95. The maximum Gasteiger partial charge on any atom is 0.341 e. The normalized spacial score (nSPS) is 15.9. The van der Waals surface area contributed by atoms with Gasteiger partial charge in [-0.15, -0.1) is 0 Å². The fourth-order valence-electron chi connectivity index (χ4n) is 2.92. The molecule has 8 heteroatoms. The molecule has 2 N–H and O–H groups in total. The first-order valence-electron chi connectivity index (χ1n) is 8.95. The summed E-state index contributed by atoms with van der Waals surface area (Å²) in [7, 11) is 0. The second-order valence-electron chi connectivity index (χ2n) is 6.11. The Morgan fingerprint density at radius 3 is 2.38 bits per heavy atom. The minimum atomic E-state index is -0.914. The summed E-state index contributed by atoms with van der Waals surface area (Å²) in [5.74, 6) is -2.30. The Hall–Kier alpha value is -3.68. The number of ether oxygens (including phenoxy) is 2. The highest BCUT2D eigenvalue weighted by atomic mass is 19.1. The monoisotopic (exact) mass is 398 g/mol. The smallest absolute Gasteiger partial charge is 0.341 e. The molecule has 2 aromatic rings. The molecule has 1 aliphatic heterocycles. The first-order chi connectivity index (χ1) is 14.0. The molecule has 0 aliphatic carbocycles. The van der Waals surface area contributed by atoms with Crippen LogP contribution in [-0.4, -0.2) is 31.2 Å². The highest BCUT2D eigenvalue weighted by molar-refractivity contribution is 5.95. The minimum absolute atomic E-state index is 0.0748. The number of carbonyl (C=O) groups is 3. The van der Waals surface area contributed by atoms with Crippen LogP contribution >= 0.6 is 0 Å². The van der Waals surface area contributed by atoms with Crippen molar-refractivity contribution in [3.8, 4) is 0 Å². The van der Waals surface area contributed by atoms with E-state index in [1.165, 1.54) is 18.2 Å². The zero-order valence-electron chi connectivity index (χ0n) is 15.6. The number of hydrogen-bond acceptors (Lipinski definition) is 5. The molecule has 0 aromatic heterocycles. The van der Waals surface area contributed by atoms with E-state index in [4.69, 9.17) is 9.47 Å². The molecule has 29 heavy (non-hydrogen) atoms. The number of urea groups is 1. The van der Waals surface area contributed by atoms with E-state index in [0.29, 0.717) is 5.56 Å². The van der Waals surface area contributed by atoms with E-state index in [-0.39, 0.29) is 23.4 Å². The Bertz CT molecular complexity index is 959. The Morgan fingerprint density at radius 2 is 1.69 bits per heavy atom. The zero-order chi connectivity index (χ0) is 20.8. The molecular formula is C21H19FN2O5. The molecule has 150 valence electrons. The molecule has 2 aromatic carbocycles. The third-order valence-corrected chi connectivity index (χ3v) is 4.22. The lowest BCUT2D eigenvalue weighted by molar-refractivity contribution is -0.139. The number of rotatable bonds is 6. The van der Waals surface area contributed by atoms with Crippen molar-refractivity contribution in [2.75, 3.05) is 13.2 Å². The van der Waals surface area contributed by atoms with Crippen molar-refractivity contribution >= 4 is 18.0 Å². The van der Waals surface area contributed by atoms with Crippen LogP contribution in [0.5, 0.6) is 0 Å². The molecule has 7 nitrogen and oxygen atoms in total. The SMILES string of the molecule is CCOC(=O)C1=C(COC(=O)c2ccccc2F)NC(=O)N[C@@H]1c1ccccc1. The van der Waals surface area contributed by atoms with Crippen molar-refractivity contribution in [1.29, 1.82) is 0 Å². The number of carbonyl (C=O) groups excluding carboxylic acids is 3. The van der Waals surface area contributed by atoms with E-state index in [2.05, 4.69) is 10.6 Å². The van der Waals surface area contributed by atoms with E-state index >= 15 is 0 Å². The van der Waals surface area contributed by atoms with Gasteiger partial charge in [-0.05, 0) is 24.6 Å². The second kappa shape index (κ2) is 9.01. The lowest BCUT2D eigenvalue weighted by Crippen LogP contribution is -2.47. The summed E-state index contributed by atoms with van der Waals surface area (Å²) in [6, 6.07) is 12.9. The van der Waals surface area contributed by atoms with E-state index in [1.807, 2.05) is 0 Å². The molecule has 1 atom stereocenters. The molecule has 0 fully saturated rings. The fraction of sp³-hybridized carbons (Fsp3) is 0.190. The quantitative estimate of drug-likeness (QED) is 0.730. The van der Waals surface area contributed by atoms with Crippen molar-refractivity contribution < 1.29 is 28.2 Å². The third-order valence-electron chi connectivity index (χ3n) is 4.22. The summed E-state index contributed by atoms with van der Waals surface area (Å²) in [6.45, 7) is 1.35. The molecule has 0 saturated carbocycles. The number of amides is 2. The average Bonchev–Trinajstić information content (AvgIpc) is 2.72. The molecule has 2 amide bonds. The van der Waals surface area contributed by atoms with Gasteiger partial charge in [-0.2, -0.15) is 0 Å². The molecule has 1 heterocycles. The van der Waals surface area contributed by atoms with Crippen LogP contribution in [0.2, 0.25) is 0 Å². The summed E-state index contributed by atoms with van der Waals surface area (Å²) in [5, 5.41) is 5.16. The van der Waals surface area contributed by atoms with E-state index in [0.717, 1.165) is 6.07 Å². The van der Waals surface area contributed by atoms with Gasteiger partial charge in [0.1, 0.15) is 12.4 Å². The van der Waals surface area contributed by atoms with Crippen LogP contribution in [0.25, 0.3) is 0 Å². The molecule has 0 spiro atoms. The number of benzene rings is 2. The van der Waals surface area contributed by atoms with Crippen LogP contribution < -0.4 is 10.6 Å². The topological polar surface area (TPSA) is 93.7 Å². The van der Waals surface area contributed by atoms with Crippen LogP contribution in [-0.2, 0) is 14.3 Å². The highest BCUT2D eigenvalue weighted by Crippen LogP contribution is 2.28. The standard InChI is InChI=1S/C21H19FN2O5/c1-2-28-20(26)17-16(12-29-19(25)14-10-6-7-11-15(14)22)23-21(27)24-18(17)13-8-4-3-5-9-13/h3-11,18H,2,12H2,1H3,(H2,23,24,27)/t18-/m1/s1. The summed E-state index contributed by atoms with van der Waals surface area (Å²) in [4.78, 5) is 37.0. The first kappa shape index (κ1) is 20.1. The average molecular weight is 398 g/mol. The first-order valence-corrected chi connectivity index (χ1v) is 8.95. The van der Waals surface area contributed by atoms with Gasteiger partial charge in [-0.3, -0.25) is 0 Å². The van der Waals surface area contributed by atoms with E-state index < -0.39 is 36.4 Å². The molecule has 0 unspecified atom stereocenters. The molecule has 3 rings (SSSR count). The van der Waals surface area contributed by atoms with Crippen molar-refractivity contribution in [2.24, 2.45) is 0 Å². The van der Waals surface area contributed by atoms with Crippen LogP contribution in [0.1, 0.15) is 28.9 Å². The van der Waals surface area contributed by atoms with E-state index in [9.17, 15) is 18.8 Å². The molecule has 0 saturated heterocycles. The number of halogens is 1. The molecule has 0 bridgehead atoms. The maximum atomic E-state index is 13.8. The minimum Gasteiger partial charge on any atom is -0.463 e. The highest BCUT2D eigenvalue weighted by Gasteiger charge is 2.34. The summed E-state index contributed by atoms with van der Waals surface area (Å²) < 4.78 is 24.1. The molecule has 1 aliphatic rings. The number of hydrogen-bond donors (Lipinski definition) is 2. The van der Waals surface area contributed by atoms with Crippen molar-refractivity contribution in [1.82, 2.24) is 10.6 Å². The molecular weight excluding hydrogens is 379 g/mol. The molecule has 0 radical (unpaired) electrons. The Balaban J connectivity index is 1.92. The van der Waals surface area contributed by atoms with Crippen molar-refractivity contribution in [2.45, 2.75) is 13.0 Å². The van der Waals surface area contributed by atoms with Crippen LogP contribution in [0.3, 0.4) is 0 Å². The van der Waals surface area contributed by atoms with Gasteiger partial charge in [0.05, 0.1) is 29.5 Å². The van der Waals surface area contributed by atoms with Gasteiger partial charge in [0, 0.05) is 0 Å². The van der Waals surface area contributed by atoms with Gasteiger partial charge in [0.2, 0.25) is 0 Å². The predicted octanol–water partition coefficient (Wildman–Crippen LogP) is 2.85. The summed E-state index contributed by atoms with van der Waals surface area (Å²) in [6.07, 6.45) is 0. The Labute approximate surface area is 166 Å². The lowest BCUT2D eigenvalue weighted by Gasteiger charge is -2.29. The summed E-state index contributed by atoms with van der Waals surface area (Å²) >= 11 is 0. The van der Waals surface area contributed by atoms with Gasteiger partial charge < -0.3 is 20.1 Å². The third kappa shape index (κ3) is 4.60. The van der Waals surface area contributed by atoms with Crippen LogP contribution in [0.4, 0.5) is 9.18 Å². The van der Waals surface area contributed by atoms with Gasteiger partial charge in [-0.25, -0.2) is 18.8 Å². The number of nitrogens with one attached hydrogen (secondary N) is 2. The van der Waals surface area contributed by atoms with Crippen molar-refractivity contribution in [3.05, 3.63) is 82.8 Å².